The van der Waals surface area contributed by atoms with E-state index in [1.54, 1.807) is 38.4 Å². The quantitative estimate of drug-likeness (QED) is 0.578. The summed E-state index contributed by atoms with van der Waals surface area (Å²) in [5.41, 5.74) is -0.217. The summed E-state index contributed by atoms with van der Waals surface area (Å²) >= 11 is 0. The molecule has 10 heavy (non-hydrogen) atoms. The minimum atomic E-state index is -0.997. The predicted molar refractivity (Wildman–Crippen MR) is 37.9 cm³/mol. The lowest BCUT2D eigenvalue weighted by atomic mass is 10.0. The van der Waals surface area contributed by atoms with Gasteiger partial charge in [0.05, 0.1) is 0 Å². The van der Waals surface area contributed by atoms with Crippen molar-refractivity contribution in [1.82, 2.24) is 4.98 Å². The summed E-state index contributed by atoms with van der Waals surface area (Å²) in [7, 11) is 0. The van der Waals surface area contributed by atoms with E-state index in [-0.39, 0.29) is 0 Å². The summed E-state index contributed by atoms with van der Waals surface area (Å²) < 4.78 is 0. The van der Waals surface area contributed by atoms with E-state index in [0.717, 1.165) is 5.56 Å². The number of rotatable bonds is 1. The SMILES string of the molecule is CC(C)([O])c1ccncc1. The van der Waals surface area contributed by atoms with Crippen LogP contribution in [0.15, 0.2) is 24.5 Å². The smallest absolute Gasteiger partial charge is 0.123 e. The van der Waals surface area contributed by atoms with Crippen LogP contribution in [0.1, 0.15) is 19.4 Å². The average molecular weight is 136 g/mol. The van der Waals surface area contributed by atoms with Gasteiger partial charge < -0.3 is 0 Å². The van der Waals surface area contributed by atoms with Gasteiger partial charge in [-0.05, 0) is 31.5 Å². The van der Waals surface area contributed by atoms with Crippen molar-refractivity contribution in [3.05, 3.63) is 30.1 Å². The van der Waals surface area contributed by atoms with Gasteiger partial charge in [-0.2, -0.15) is 0 Å². The van der Waals surface area contributed by atoms with Crippen molar-refractivity contribution < 1.29 is 5.11 Å². The maximum Gasteiger partial charge on any atom is 0.123 e. The first-order valence-corrected chi connectivity index (χ1v) is 3.21. The summed E-state index contributed by atoms with van der Waals surface area (Å²) in [6.45, 7) is 3.28. The molecule has 1 radical (unpaired) electrons. The molecule has 0 aliphatic rings. The highest BCUT2D eigenvalue weighted by molar-refractivity contribution is 5.16. The van der Waals surface area contributed by atoms with Crippen LogP contribution in [0.5, 0.6) is 0 Å². The molecule has 2 heteroatoms. The Hall–Kier alpha value is -0.890. The fourth-order valence-corrected chi connectivity index (χ4v) is 0.753. The van der Waals surface area contributed by atoms with E-state index >= 15 is 0 Å². The van der Waals surface area contributed by atoms with Crippen LogP contribution in [-0.2, 0) is 10.7 Å². The van der Waals surface area contributed by atoms with Gasteiger partial charge in [-0.1, -0.05) is 0 Å². The van der Waals surface area contributed by atoms with Crippen LogP contribution in [0.3, 0.4) is 0 Å². The van der Waals surface area contributed by atoms with E-state index in [0.29, 0.717) is 0 Å². The van der Waals surface area contributed by atoms with Gasteiger partial charge in [-0.25, -0.2) is 5.11 Å². The largest absolute Gasteiger partial charge is 0.265 e. The average Bonchev–Trinajstić information content (AvgIpc) is 1.88. The Kier molecular flexibility index (Phi) is 1.72. The predicted octanol–water partition coefficient (Wildman–Crippen LogP) is 1.75. The number of hydrogen-bond donors (Lipinski definition) is 0. The molecule has 0 N–H and O–H groups in total. The normalized spacial score (nSPS) is 11.5. The van der Waals surface area contributed by atoms with Gasteiger partial charge in [0.25, 0.3) is 0 Å². The van der Waals surface area contributed by atoms with Crippen LogP contribution < -0.4 is 0 Å². The molecule has 0 amide bonds. The van der Waals surface area contributed by atoms with Gasteiger partial charge in [0.1, 0.15) is 5.60 Å². The first-order valence-electron chi connectivity index (χ1n) is 3.21. The maximum atomic E-state index is 11.3. The van der Waals surface area contributed by atoms with Crippen LogP contribution >= 0.6 is 0 Å². The Bertz CT molecular complexity index is 200. The minimum Gasteiger partial charge on any atom is -0.265 e. The summed E-state index contributed by atoms with van der Waals surface area (Å²) in [5.74, 6) is 0. The number of pyridine rings is 1. The Balaban J connectivity index is 2.97. The topological polar surface area (TPSA) is 32.8 Å². The minimum absolute atomic E-state index is 0.780. The highest BCUT2D eigenvalue weighted by Gasteiger charge is 2.16. The van der Waals surface area contributed by atoms with E-state index < -0.39 is 5.60 Å². The summed E-state index contributed by atoms with van der Waals surface area (Å²) in [4.78, 5) is 3.82. The number of aromatic nitrogens is 1. The maximum absolute atomic E-state index is 11.3. The van der Waals surface area contributed by atoms with Crippen LogP contribution in [0.4, 0.5) is 0 Å². The second-order valence-corrected chi connectivity index (χ2v) is 2.75. The lowest BCUT2D eigenvalue weighted by molar-refractivity contribution is -0.000170. The van der Waals surface area contributed by atoms with Crippen molar-refractivity contribution in [2.24, 2.45) is 0 Å². The van der Waals surface area contributed by atoms with E-state index in [9.17, 15) is 5.11 Å². The van der Waals surface area contributed by atoms with E-state index in [4.69, 9.17) is 0 Å². The molecular formula is C8H10NO. The lowest BCUT2D eigenvalue weighted by Gasteiger charge is -2.13. The second kappa shape index (κ2) is 2.39. The third-order valence-electron chi connectivity index (χ3n) is 1.38. The van der Waals surface area contributed by atoms with Gasteiger partial charge >= 0.3 is 0 Å². The third kappa shape index (κ3) is 1.54. The van der Waals surface area contributed by atoms with E-state index in [2.05, 4.69) is 4.98 Å². The molecule has 0 aromatic carbocycles. The molecule has 1 aromatic rings. The summed E-state index contributed by atoms with van der Waals surface area (Å²) in [5, 5.41) is 11.3. The standard InChI is InChI=1S/C8H10NO/c1-8(2,10)7-3-5-9-6-4-7/h3-6H,1-2H3. The second-order valence-electron chi connectivity index (χ2n) is 2.75. The molecule has 0 atom stereocenters. The highest BCUT2D eigenvalue weighted by atomic mass is 16.3. The number of nitrogens with zero attached hydrogens (tertiary/aromatic N) is 1. The zero-order chi connectivity index (χ0) is 7.61. The highest BCUT2D eigenvalue weighted by Crippen LogP contribution is 2.18. The van der Waals surface area contributed by atoms with Crippen LogP contribution in [0.2, 0.25) is 0 Å². The van der Waals surface area contributed by atoms with E-state index in [1.165, 1.54) is 0 Å². The molecule has 0 fully saturated rings. The fourth-order valence-electron chi connectivity index (χ4n) is 0.753. The Labute approximate surface area is 60.5 Å². The van der Waals surface area contributed by atoms with Gasteiger partial charge in [-0.3, -0.25) is 4.98 Å². The monoisotopic (exact) mass is 136 g/mol. The molecule has 53 valence electrons. The fraction of sp³-hybridized carbons (Fsp3) is 0.375. The molecule has 1 aromatic heterocycles. The molecule has 1 heterocycles. The van der Waals surface area contributed by atoms with Gasteiger partial charge in [-0.15, -0.1) is 0 Å². The van der Waals surface area contributed by atoms with Gasteiger partial charge in [0.2, 0.25) is 0 Å². The molecule has 0 spiro atoms. The van der Waals surface area contributed by atoms with Gasteiger partial charge in [0, 0.05) is 12.4 Å². The molecule has 0 saturated carbocycles. The first-order chi connectivity index (χ1) is 4.61. The Morgan fingerprint density at radius 2 is 1.80 bits per heavy atom. The Morgan fingerprint density at radius 1 is 1.30 bits per heavy atom. The van der Waals surface area contributed by atoms with Gasteiger partial charge in [0.15, 0.2) is 0 Å². The van der Waals surface area contributed by atoms with E-state index in [1.807, 2.05) is 0 Å². The molecule has 2 nitrogen and oxygen atoms in total. The molecule has 0 aliphatic carbocycles. The van der Waals surface area contributed by atoms with Crippen LogP contribution in [0, 0.1) is 0 Å². The van der Waals surface area contributed by atoms with Crippen molar-refractivity contribution in [2.75, 3.05) is 0 Å². The zero-order valence-corrected chi connectivity index (χ0v) is 6.16. The third-order valence-corrected chi connectivity index (χ3v) is 1.38. The van der Waals surface area contributed by atoms with Crippen LogP contribution in [0.25, 0.3) is 0 Å². The zero-order valence-electron chi connectivity index (χ0n) is 6.16. The Morgan fingerprint density at radius 3 is 2.10 bits per heavy atom. The molecule has 0 unspecified atom stereocenters. The number of hydrogen-bond acceptors (Lipinski definition) is 1. The first kappa shape index (κ1) is 7.22. The summed E-state index contributed by atoms with van der Waals surface area (Å²) in [6.07, 6.45) is 3.27. The van der Waals surface area contributed by atoms with Crippen LogP contribution in [-0.4, -0.2) is 4.98 Å². The molecule has 0 saturated heterocycles. The van der Waals surface area contributed by atoms with Crippen molar-refractivity contribution in [3.8, 4) is 0 Å². The summed E-state index contributed by atoms with van der Waals surface area (Å²) in [6, 6.07) is 3.49. The molecule has 1 rings (SSSR count). The lowest BCUT2D eigenvalue weighted by Crippen LogP contribution is -2.12. The molecule has 0 bridgehead atoms. The van der Waals surface area contributed by atoms with Crippen molar-refractivity contribution >= 4 is 0 Å². The van der Waals surface area contributed by atoms with Crippen molar-refractivity contribution in [2.45, 2.75) is 19.4 Å². The van der Waals surface area contributed by atoms with Crippen molar-refractivity contribution in [3.63, 3.8) is 0 Å². The van der Waals surface area contributed by atoms with Crippen molar-refractivity contribution in [1.29, 1.82) is 0 Å². The molecule has 0 aliphatic heterocycles. The molecular weight excluding hydrogens is 126 g/mol.